The number of carbonyl (C=O) groups is 3. The predicted molar refractivity (Wildman–Crippen MR) is 80.6 cm³/mol. The molecule has 0 bridgehead atoms. The van der Waals surface area contributed by atoms with E-state index in [4.69, 9.17) is 21.1 Å². The summed E-state index contributed by atoms with van der Waals surface area (Å²) in [5.74, 6) is -1.78. The number of methoxy groups -OCH3 is 1. The van der Waals surface area contributed by atoms with E-state index in [-0.39, 0.29) is 39.9 Å². The van der Waals surface area contributed by atoms with Gasteiger partial charge in [-0.2, -0.15) is 0 Å². The third kappa shape index (κ3) is 1.91. The fourth-order valence-electron chi connectivity index (χ4n) is 3.09. The smallest absolute Gasteiger partial charge is 0.230 e. The van der Waals surface area contributed by atoms with Crippen molar-refractivity contribution < 1.29 is 29.0 Å². The molecule has 2 atom stereocenters. The molecule has 23 heavy (non-hydrogen) atoms. The molecular formula is C16H13ClO6. The fourth-order valence-corrected chi connectivity index (χ4v) is 3.32. The van der Waals surface area contributed by atoms with Crippen LogP contribution in [0.2, 0.25) is 5.02 Å². The van der Waals surface area contributed by atoms with Crippen LogP contribution in [0.1, 0.15) is 34.1 Å². The van der Waals surface area contributed by atoms with Crippen LogP contribution in [-0.2, 0) is 4.79 Å². The topological polar surface area (TPSA) is 89.9 Å². The summed E-state index contributed by atoms with van der Waals surface area (Å²) in [6, 6.07) is 1.34. The van der Waals surface area contributed by atoms with Crippen molar-refractivity contribution in [3.63, 3.8) is 0 Å². The second kappa shape index (κ2) is 5.09. The molecule has 7 heteroatoms. The van der Waals surface area contributed by atoms with E-state index in [1.54, 1.807) is 6.92 Å². The summed E-state index contributed by atoms with van der Waals surface area (Å²) in [6.07, 6.45) is 1.56. The second-order valence-corrected chi connectivity index (χ2v) is 5.95. The van der Waals surface area contributed by atoms with Gasteiger partial charge in [0, 0.05) is 24.0 Å². The van der Waals surface area contributed by atoms with Crippen molar-refractivity contribution in [2.24, 2.45) is 5.92 Å². The third-order valence-electron chi connectivity index (χ3n) is 4.27. The summed E-state index contributed by atoms with van der Waals surface area (Å²) in [5.41, 5.74) is -1.55. The molecule has 1 spiro atoms. The normalized spacial score (nSPS) is 25.9. The van der Waals surface area contributed by atoms with Crippen molar-refractivity contribution in [1.29, 1.82) is 0 Å². The van der Waals surface area contributed by atoms with Crippen LogP contribution >= 0.6 is 11.6 Å². The van der Waals surface area contributed by atoms with Crippen molar-refractivity contribution in [2.45, 2.75) is 18.9 Å². The minimum absolute atomic E-state index is 0.0146. The van der Waals surface area contributed by atoms with Crippen LogP contribution in [0.4, 0.5) is 0 Å². The molecular weight excluding hydrogens is 324 g/mol. The number of ketones is 2. The summed E-state index contributed by atoms with van der Waals surface area (Å²) >= 11 is 6.14. The van der Waals surface area contributed by atoms with Gasteiger partial charge in [-0.25, -0.2) is 0 Å². The first-order chi connectivity index (χ1) is 10.9. The van der Waals surface area contributed by atoms with Gasteiger partial charge in [-0.1, -0.05) is 18.5 Å². The number of hydrogen-bond donors (Lipinski definition) is 1. The molecule has 1 aromatic rings. The van der Waals surface area contributed by atoms with Crippen LogP contribution in [0.15, 0.2) is 17.9 Å². The molecule has 0 amide bonds. The summed E-state index contributed by atoms with van der Waals surface area (Å²) in [6.45, 7) is 1.63. The number of ether oxygens (including phenoxy) is 2. The number of benzene rings is 1. The molecule has 0 radical (unpaired) electrons. The highest BCUT2D eigenvalue weighted by molar-refractivity contribution is 6.36. The highest BCUT2D eigenvalue weighted by Crippen LogP contribution is 2.52. The number of hydrogen-bond acceptors (Lipinski definition) is 6. The molecule has 0 unspecified atom stereocenters. The Morgan fingerprint density at radius 2 is 2.17 bits per heavy atom. The monoisotopic (exact) mass is 336 g/mol. The molecule has 0 saturated carbocycles. The summed E-state index contributed by atoms with van der Waals surface area (Å²) < 4.78 is 10.9. The summed E-state index contributed by atoms with van der Waals surface area (Å²) in [4.78, 5) is 35.7. The van der Waals surface area contributed by atoms with Crippen LogP contribution < -0.4 is 9.47 Å². The van der Waals surface area contributed by atoms with Gasteiger partial charge in [0.05, 0.1) is 12.1 Å². The fraction of sp³-hybridized carbons (Fsp3) is 0.312. The Labute approximate surface area is 136 Å². The van der Waals surface area contributed by atoms with Crippen LogP contribution in [0.3, 0.4) is 0 Å². The minimum Gasteiger partial charge on any atom is -0.507 e. The van der Waals surface area contributed by atoms with Crippen molar-refractivity contribution in [1.82, 2.24) is 0 Å². The number of carbonyl (C=O) groups excluding carboxylic acids is 3. The largest absolute Gasteiger partial charge is 0.507 e. The summed E-state index contributed by atoms with van der Waals surface area (Å²) in [5, 5.41) is 10.2. The number of halogens is 1. The molecule has 1 aromatic carbocycles. The lowest BCUT2D eigenvalue weighted by Crippen LogP contribution is -2.51. The molecule has 0 fully saturated rings. The van der Waals surface area contributed by atoms with E-state index < -0.39 is 23.1 Å². The molecule has 2 aliphatic rings. The van der Waals surface area contributed by atoms with E-state index in [9.17, 15) is 19.5 Å². The number of aliphatic hydroxyl groups excluding tert-OH is 1. The van der Waals surface area contributed by atoms with E-state index in [1.165, 1.54) is 13.2 Å². The van der Waals surface area contributed by atoms with Gasteiger partial charge >= 0.3 is 0 Å². The molecule has 0 saturated heterocycles. The maximum Gasteiger partial charge on any atom is 0.230 e. The zero-order valence-electron chi connectivity index (χ0n) is 12.4. The molecule has 1 aliphatic heterocycles. The highest BCUT2D eigenvalue weighted by Gasteiger charge is 2.59. The van der Waals surface area contributed by atoms with Crippen molar-refractivity contribution >= 4 is 29.5 Å². The van der Waals surface area contributed by atoms with Crippen molar-refractivity contribution in [3.8, 4) is 11.5 Å². The third-order valence-corrected chi connectivity index (χ3v) is 4.66. The standard InChI is InChI=1S/C16H13ClO6/c1-7-3-9(19)5-11(20)16(7)15(21)12-10(22-2)4-8(6-18)13(17)14(12)23-16/h4-7,20H,3H2,1-2H3/t7-,16+/m1/s1. The quantitative estimate of drug-likeness (QED) is 0.835. The Morgan fingerprint density at radius 3 is 2.74 bits per heavy atom. The summed E-state index contributed by atoms with van der Waals surface area (Å²) in [7, 11) is 1.35. The Kier molecular flexibility index (Phi) is 3.44. The van der Waals surface area contributed by atoms with Gasteiger partial charge < -0.3 is 14.6 Å². The lowest BCUT2D eigenvalue weighted by molar-refractivity contribution is -0.118. The maximum atomic E-state index is 13.0. The SMILES string of the molecule is COc1cc(C=O)c(Cl)c2c1C(=O)[C@@]1(O2)C(O)=CC(=O)C[C@H]1C. The Hall–Kier alpha value is -2.34. The molecule has 3 rings (SSSR count). The number of fused-ring (bicyclic) bond motifs is 1. The van der Waals surface area contributed by atoms with Gasteiger partial charge in [0.1, 0.15) is 17.1 Å². The lowest BCUT2D eigenvalue weighted by Gasteiger charge is -2.34. The highest BCUT2D eigenvalue weighted by atomic mass is 35.5. The molecule has 0 aromatic heterocycles. The molecule has 120 valence electrons. The number of aldehydes is 1. The minimum atomic E-state index is -1.71. The van der Waals surface area contributed by atoms with Gasteiger partial charge in [0.25, 0.3) is 0 Å². The molecule has 1 heterocycles. The molecule has 1 aliphatic carbocycles. The first kappa shape index (κ1) is 15.6. The van der Waals surface area contributed by atoms with E-state index >= 15 is 0 Å². The van der Waals surface area contributed by atoms with E-state index in [0.717, 1.165) is 6.08 Å². The van der Waals surface area contributed by atoms with E-state index in [2.05, 4.69) is 0 Å². The average molecular weight is 337 g/mol. The van der Waals surface area contributed by atoms with Crippen molar-refractivity contribution in [2.75, 3.05) is 7.11 Å². The van der Waals surface area contributed by atoms with Crippen LogP contribution in [0.5, 0.6) is 11.5 Å². The predicted octanol–water partition coefficient (Wildman–Crippen LogP) is 2.53. The van der Waals surface area contributed by atoms with Gasteiger partial charge in [0.15, 0.2) is 17.8 Å². The lowest BCUT2D eigenvalue weighted by atomic mass is 9.75. The van der Waals surface area contributed by atoms with Crippen LogP contribution in [0, 0.1) is 5.92 Å². The Bertz CT molecular complexity index is 781. The van der Waals surface area contributed by atoms with E-state index in [0.29, 0.717) is 6.29 Å². The van der Waals surface area contributed by atoms with Crippen molar-refractivity contribution in [3.05, 3.63) is 34.1 Å². The molecule has 1 N–H and O–H groups in total. The Balaban J connectivity index is 2.27. The average Bonchev–Trinajstić information content (AvgIpc) is 2.82. The second-order valence-electron chi connectivity index (χ2n) is 5.57. The first-order valence-electron chi connectivity index (χ1n) is 6.90. The zero-order valence-corrected chi connectivity index (χ0v) is 13.1. The molecule has 6 nitrogen and oxygen atoms in total. The number of aliphatic hydroxyl groups is 1. The Morgan fingerprint density at radius 1 is 1.48 bits per heavy atom. The number of Topliss-reactive ketones (excluding diaryl/α,β-unsaturated/α-hetero) is 1. The van der Waals surface area contributed by atoms with Gasteiger partial charge in [-0.15, -0.1) is 0 Å². The van der Waals surface area contributed by atoms with Gasteiger partial charge in [-0.3, -0.25) is 14.4 Å². The zero-order chi connectivity index (χ0) is 16.9. The van der Waals surface area contributed by atoms with E-state index in [1.807, 2.05) is 0 Å². The number of rotatable bonds is 2. The van der Waals surface area contributed by atoms with Crippen LogP contribution in [-0.4, -0.2) is 35.7 Å². The van der Waals surface area contributed by atoms with Gasteiger partial charge in [-0.05, 0) is 6.07 Å². The first-order valence-corrected chi connectivity index (χ1v) is 7.28. The van der Waals surface area contributed by atoms with Gasteiger partial charge in [0.2, 0.25) is 11.4 Å². The van der Waals surface area contributed by atoms with Crippen LogP contribution in [0.25, 0.3) is 0 Å². The maximum absolute atomic E-state index is 13.0. The number of allylic oxidation sites excluding steroid dienone is 1.